The van der Waals surface area contributed by atoms with Crippen LogP contribution in [0.1, 0.15) is 31.7 Å². The Balaban J connectivity index is 2.11. The highest BCUT2D eigenvalue weighted by Crippen LogP contribution is 2.27. The fourth-order valence-electron chi connectivity index (χ4n) is 2.20. The summed E-state index contributed by atoms with van der Waals surface area (Å²) in [6.45, 7) is 1.98. The van der Waals surface area contributed by atoms with E-state index in [0.717, 1.165) is 6.42 Å². The molecular formula is C16H18FNO4. The lowest BCUT2D eigenvalue weighted by Crippen LogP contribution is -2.42. The summed E-state index contributed by atoms with van der Waals surface area (Å²) in [5.74, 6) is -1.49. The van der Waals surface area contributed by atoms with E-state index in [9.17, 15) is 14.0 Å². The second kappa shape index (κ2) is 7.06. The van der Waals surface area contributed by atoms with Crippen LogP contribution in [0, 0.1) is 5.82 Å². The van der Waals surface area contributed by atoms with Crippen LogP contribution in [-0.2, 0) is 9.59 Å². The molecule has 1 aliphatic heterocycles. The molecule has 1 amide bonds. The van der Waals surface area contributed by atoms with Gasteiger partial charge in [-0.15, -0.1) is 0 Å². The van der Waals surface area contributed by atoms with Gasteiger partial charge in [-0.1, -0.05) is 19.8 Å². The van der Waals surface area contributed by atoms with Crippen molar-refractivity contribution in [3.63, 3.8) is 0 Å². The maximum absolute atomic E-state index is 13.2. The smallest absolute Gasteiger partial charge is 0.326 e. The molecule has 1 atom stereocenters. The van der Waals surface area contributed by atoms with Crippen LogP contribution in [0.3, 0.4) is 0 Å². The minimum absolute atomic E-state index is 0.0323. The largest absolute Gasteiger partial charge is 0.488 e. The van der Waals surface area contributed by atoms with Gasteiger partial charge in [-0.05, 0) is 30.7 Å². The highest BCUT2D eigenvalue weighted by Gasteiger charge is 2.23. The maximum atomic E-state index is 13.2. The third-order valence-electron chi connectivity index (χ3n) is 3.43. The Kier molecular flexibility index (Phi) is 5.14. The molecule has 6 heteroatoms. The summed E-state index contributed by atoms with van der Waals surface area (Å²) < 4.78 is 18.6. The molecule has 0 spiro atoms. The van der Waals surface area contributed by atoms with Gasteiger partial charge in [0.25, 0.3) is 5.91 Å². The Morgan fingerprint density at radius 3 is 2.91 bits per heavy atom. The lowest BCUT2D eigenvalue weighted by atomic mass is 10.1. The molecule has 22 heavy (non-hydrogen) atoms. The molecule has 0 radical (unpaired) electrons. The van der Waals surface area contributed by atoms with Crippen LogP contribution in [0.25, 0.3) is 6.08 Å². The van der Waals surface area contributed by atoms with Crippen molar-refractivity contribution in [3.8, 4) is 5.75 Å². The first-order chi connectivity index (χ1) is 10.5. The number of halogens is 1. The number of carbonyl (C=O) groups is 2. The molecule has 0 aliphatic carbocycles. The monoisotopic (exact) mass is 307 g/mol. The quantitative estimate of drug-likeness (QED) is 0.846. The van der Waals surface area contributed by atoms with Gasteiger partial charge in [0.1, 0.15) is 24.2 Å². The lowest BCUT2D eigenvalue weighted by molar-refractivity contribution is -0.141. The van der Waals surface area contributed by atoms with E-state index in [0.29, 0.717) is 24.2 Å². The van der Waals surface area contributed by atoms with E-state index in [2.05, 4.69) is 5.32 Å². The molecule has 2 N–H and O–H groups in total. The summed E-state index contributed by atoms with van der Waals surface area (Å²) in [5, 5.41) is 11.6. The normalized spacial score (nSPS) is 14.4. The number of rotatable bonds is 6. The van der Waals surface area contributed by atoms with E-state index in [1.54, 1.807) is 0 Å². The molecule has 0 unspecified atom stereocenters. The van der Waals surface area contributed by atoms with Gasteiger partial charge in [0.05, 0.1) is 5.57 Å². The highest BCUT2D eigenvalue weighted by molar-refractivity contribution is 6.00. The van der Waals surface area contributed by atoms with E-state index >= 15 is 0 Å². The van der Waals surface area contributed by atoms with Gasteiger partial charge in [-0.2, -0.15) is 0 Å². The number of nitrogens with one attached hydrogen (secondary N) is 1. The molecule has 0 fully saturated rings. The number of benzene rings is 1. The Labute approximate surface area is 127 Å². The molecule has 118 valence electrons. The van der Waals surface area contributed by atoms with Crippen molar-refractivity contribution in [1.29, 1.82) is 0 Å². The van der Waals surface area contributed by atoms with Gasteiger partial charge in [-0.3, -0.25) is 4.79 Å². The third kappa shape index (κ3) is 3.84. The molecule has 1 aliphatic rings. The number of carboxylic acids is 1. The van der Waals surface area contributed by atoms with Crippen molar-refractivity contribution >= 4 is 18.0 Å². The van der Waals surface area contributed by atoms with Crippen molar-refractivity contribution in [2.75, 3.05) is 6.61 Å². The van der Waals surface area contributed by atoms with Crippen molar-refractivity contribution in [1.82, 2.24) is 5.32 Å². The Hall–Kier alpha value is -2.37. The van der Waals surface area contributed by atoms with Crippen LogP contribution in [0.2, 0.25) is 0 Å². The molecule has 0 saturated carbocycles. The minimum atomic E-state index is -1.06. The van der Waals surface area contributed by atoms with Gasteiger partial charge in [0.2, 0.25) is 0 Å². The fraction of sp³-hybridized carbons (Fsp3) is 0.375. The summed E-state index contributed by atoms with van der Waals surface area (Å²) in [5.41, 5.74) is 0.748. The molecule has 5 nitrogen and oxygen atoms in total. The number of ether oxygens (including phenoxy) is 1. The first-order valence-electron chi connectivity index (χ1n) is 7.18. The SMILES string of the molecule is CCCC[C@H](NC(=O)C1=Cc2cc(F)ccc2OC1)C(=O)O. The minimum Gasteiger partial charge on any atom is -0.488 e. The number of aliphatic carboxylic acids is 1. The summed E-state index contributed by atoms with van der Waals surface area (Å²) in [6, 6.07) is 3.12. The predicted molar refractivity (Wildman–Crippen MR) is 79.0 cm³/mol. The second-order valence-electron chi connectivity index (χ2n) is 5.15. The zero-order valence-corrected chi connectivity index (χ0v) is 12.3. The Morgan fingerprint density at radius 2 is 2.23 bits per heavy atom. The molecule has 0 saturated heterocycles. The number of hydrogen-bond donors (Lipinski definition) is 2. The molecule has 1 aromatic rings. The van der Waals surface area contributed by atoms with Gasteiger partial charge in [0.15, 0.2) is 0 Å². The molecular weight excluding hydrogens is 289 g/mol. The predicted octanol–water partition coefficient (Wildman–Crippen LogP) is 2.36. The maximum Gasteiger partial charge on any atom is 0.326 e. The summed E-state index contributed by atoms with van der Waals surface area (Å²) in [7, 11) is 0. The van der Waals surface area contributed by atoms with Gasteiger partial charge in [0, 0.05) is 5.56 Å². The van der Waals surface area contributed by atoms with E-state index in [4.69, 9.17) is 9.84 Å². The highest BCUT2D eigenvalue weighted by atomic mass is 19.1. The van der Waals surface area contributed by atoms with E-state index in [1.807, 2.05) is 6.92 Å². The summed E-state index contributed by atoms with van der Waals surface area (Å²) >= 11 is 0. The molecule has 0 aromatic heterocycles. The number of carbonyl (C=O) groups excluding carboxylic acids is 1. The van der Waals surface area contributed by atoms with Crippen LogP contribution in [0.15, 0.2) is 23.8 Å². The summed E-state index contributed by atoms with van der Waals surface area (Å²) in [6.07, 6.45) is 3.45. The van der Waals surface area contributed by atoms with Gasteiger partial charge >= 0.3 is 5.97 Å². The van der Waals surface area contributed by atoms with E-state index in [1.165, 1.54) is 24.3 Å². The third-order valence-corrected chi connectivity index (χ3v) is 3.43. The number of unbranched alkanes of at least 4 members (excludes halogenated alkanes) is 1. The fourth-order valence-corrected chi connectivity index (χ4v) is 2.20. The van der Waals surface area contributed by atoms with Crippen LogP contribution in [0.4, 0.5) is 4.39 Å². The van der Waals surface area contributed by atoms with Crippen molar-refractivity contribution in [3.05, 3.63) is 35.2 Å². The van der Waals surface area contributed by atoms with Crippen molar-refractivity contribution < 1.29 is 23.8 Å². The molecule has 1 aromatic carbocycles. The van der Waals surface area contributed by atoms with Gasteiger partial charge < -0.3 is 15.2 Å². The molecule has 2 rings (SSSR count). The molecule has 1 heterocycles. The van der Waals surface area contributed by atoms with Crippen molar-refractivity contribution in [2.24, 2.45) is 0 Å². The van der Waals surface area contributed by atoms with Crippen LogP contribution in [0.5, 0.6) is 5.75 Å². The lowest BCUT2D eigenvalue weighted by Gasteiger charge is -2.20. The first kappa shape index (κ1) is 16.0. The number of hydrogen-bond acceptors (Lipinski definition) is 3. The molecule has 0 bridgehead atoms. The van der Waals surface area contributed by atoms with Crippen LogP contribution < -0.4 is 10.1 Å². The zero-order chi connectivity index (χ0) is 16.1. The topological polar surface area (TPSA) is 75.6 Å². The Morgan fingerprint density at radius 1 is 1.45 bits per heavy atom. The number of carboxylic acid groups (broad SMARTS) is 1. The standard InChI is InChI=1S/C16H18FNO4/c1-2-3-4-13(16(20)21)18-15(19)11-7-10-8-12(17)5-6-14(10)22-9-11/h5-8,13H,2-4,9H2,1H3,(H,18,19)(H,20,21)/t13-/m0/s1. The van der Waals surface area contributed by atoms with Gasteiger partial charge in [-0.25, -0.2) is 9.18 Å². The van der Waals surface area contributed by atoms with E-state index < -0.39 is 23.7 Å². The average Bonchev–Trinajstić information content (AvgIpc) is 2.50. The van der Waals surface area contributed by atoms with Crippen LogP contribution >= 0.6 is 0 Å². The van der Waals surface area contributed by atoms with Crippen LogP contribution in [-0.4, -0.2) is 29.6 Å². The second-order valence-corrected chi connectivity index (χ2v) is 5.15. The summed E-state index contributed by atoms with van der Waals surface area (Å²) in [4.78, 5) is 23.3. The van der Waals surface area contributed by atoms with Crippen molar-refractivity contribution in [2.45, 2.75) is 32.2 Å². The first-order valence-corrected chi connectivity index (χ1v) is 7.18. The zero-order valence-electron chi connectivity index (χ0n) is 12.3. The Bertz CT molecular complexity index is 612. The number of fused-ring (bicyclic) bond motifs is 1. The number of amides is 1. The average molecular weight is 307 g/mol. The van der Waals surface area contributed by atoms with E-state index in [-0.39, 0.29) is 12.2 Å².